The van der Waals surface area contributed by atoms with Gasteiger partial charge >= 0.3 is 5.97 Å². The number of ether oxygens (including phenoxy) is 1. The van der Waals surface area contributed by atoms with Gasteiger partial charge in [0.05, 0.1) is 20.0 Å². The molecule has 8 nitrogen and oxygen atoms in total. The van der Waals surface area contributed by atoms with E-state index < -0.39 is 40.6 Å². The lowest BCUT2D eigenvalue weighted by molar-refractivity contribution is -0.146. The van der Waals surface area contributed by atoms with Gasteiger partial charge in [0.1, 0.15) is 6.04 Å². The van der Waals surface area contributed by atoms with Gasteiger partial charge in [-0.1, -0.05) is 6.42 Å². The number of carbonyl (C=O) groups excluding carboxylic acids is 2. The second kappa shape index (κ2) is 7.00. The molecule has 20 heavy (non-hydrogen) atoms. The first-order valence-corrected chi connectivity index (χ1v) is 8.12. The molecule has 9 heteroatoms. The lowest BCUT2D eigenvalue weighted by atomic mass is 10.0. The molecule has 2 atom stereocenters. The molecule has 1 amide bonds. The third kappa shape index (κ3) is 4.15. The van der Waals surface area contributed by atoms with Crippen LogP contribution in [0.4, 0.5) is 0 Å². The van der Waals surface area contributed by atoms with Crippen molar-refractivity contribution in [2.24, 2.45) is 0 Å². The zero-order valence-corrected chi connectivity index (χ0v) is 12.4. The molecule has 0 saturated carbocycles. The molecule has 1 saturated heterocycles. The predicted octanol–water partition coefficient (Wildman–Crippen LogP) is -1.55. The molecule has 1 fully saturated rings. The Morgan fingerprint density at radius 2 is 2.10 bits per heavy atom. The van der Waals surface area contributed by atoms with Crippen molar-refractivity contribution in [1.82, 2.24) is 9.62 Å². The highest BCUT2D eigenvalue weighted by Gasteiger charge is 2.36. The number of aliphatic hydroxyl groups is 1. The van der Waals surface area contributed by atoms with Crippen molar-refractivity contribution in [3.63, 3.8) is 0 Å². The second-order valence-corrected chi connectivity index (χ2v) is 6.59. The molecule has 0 aromatic carbocycles. The molecule has 1 aliphatic heterocycles. The van der Waals surface area contributed by atoms with E-state index in [1.54, 1.807) is 0 Å². The van der Waals surface area contributed by atoms with Crippen molar-refractivity contribution in [3.8, 4) is 0 Å². The summed E-state index contributed by atoms with van der Waals surface area (Å²) in [6.07, 6.45) is 2.85. The molecule has 1 rings (SSSR count). The third-order valence-corrected chi connectivity index (χ3v) is 4.46. The number of aliphatic hydroxyl groups excluding tert-OH is 1. The summed E-state index contributed by atoms with van der Waals surface area (Å²) in [6.45, 7) is -0.330. The number of nitrogens with zero attached hydrogens (tertiary/aromatic N) is 1. The molecule has 116 valence electrons. The van der Waals surface area contributed by atoms with Gasteiger partial charge in [-0.15, -0.1) is 0 Å². The van der Waals surface area contributed by atoms with Crippen molar-refractivity contribution in [1.29, 1.82) is 0 Å². The van der Waals surface area contributed by atoms with Crippen molar-refractivity contribution in [2.75, 3.05) is 26.5 Å². The number of hydrogen-bond acceptors (Lipinski definition) is 6. The van der Waals surface area contributed by atoms with Crippen LogP contribution in [-0.2, 0) is 24.3 Å². The fourth-order valence-corrected chi connectivity index (χ4v) is 3.28. The molecule has 0 aromatic rings. The number of sulfonamides is 1. The fraction of sp³-hybridized carbons (Fsp3) is 0.818. The summed E-state index contributed by atoms with van der Waals surface area (Å²) in [4.78, 5) is 23.4. The molecule has 1 heterocycles. The zero-order valence-electron chi connectivity index (χ0n) is 11.5. The fourth-order valence-electron chi connectivity index (χ4n) is 2.15. The number of carbonyl (C=O) groups is 2. The van der Waals surface area contributed by atoms with E-state index in [1.807, 2.05) is 0 Å². The molecule has 2 N–H and O–H groups in total. The van der Waals surface area contributed by atoms with Crippen LogP contribution in [0, 0.1) is 0 Å². The van der Waals surface area contributed by atoms with E-state index in [4.69, 9.17) is 5.11 Å². The quantitative estimate of drug-likeness (QED) is 0.595. The van der Waals surface area contributed by atoms with E-state index in [-0.39, 0.29) is 6.54 Å². The van der Waals surface area contributed by atoms with Crippen LogP contribution in [0.2, 0.25) is 0 Å². The zero-order chi connectivity index (χ0) is 15.3. The molecule has 2 unspecified atom stereocenters. The molecule has 0 radical (unpaired) electrons. The summed E-state index contributed by atoms with van der Waals surface area (Å²) in [5.41, 5.74) is 0. The van der Waals surface area contributed by atoms with E-state index >= 15 is 0 Å². The van der Waals surface area contributed by atoms with Gasteiger partial charge in [-0.25, -0.2) is 13.2 Å². The van der Waals surface area contributed by atoms with Gasteiger partial charge in [0, 0.05) is 6.54 Å². The topological polar surface area (TPSA) is 113 Å². The predicted molar refractivity (Wildman–Crippen MR) is 70.2 cm³/mol. The molecule has 1 aliphatic rings. The van der Waals surface area contributed by atoms with Crippen LogP contribution in [-0.4, -0.2) is 68.3 Å². The molecular weight excluding hydrogens is 288 g/mol. The van der Waals surface area contributed by atoms with Crippen LogP contribution in [0.1, 0.15) is 19.3 Å². The smallest absolute Gasteiger partial charge is 0.330 e. The van der Waals surface area contributed by atoms with Gasteiger partial charge in [-0.05, 0) is 12.8 Å². The standard InChI is InChI=1S/C11H20N2O6S/c1-19-11(16)8(7-14)12-10(15)9-5-3-4-6-13(9)20(2,17)18/h8-9,14H,3-7H2,1-2H3,(H,12,15). The van der Waals surface area contributed by atoms with E-state index in [0.717, 1.165) is 24.1 Å². The van der Waals surface area contributed by atoms with Crippen LogP contribution in [0.25, 0.3) is 0 Å². The Labute approximate surface area is 118 Å². The van der Waals surface area contributed by atoms with E-state index in [2.05, 4.69) is 10.1 Å². The number of rotatable bonds is 5. The number of amides is 1. The van der Waals surface area contributed by atoms with Gasteiger partial charge in [0.25, 0.3) is 0 Å². The van der Waals surface area contributed by atoms with Crippen molar-refractivity contribution < 1.29 is 27.9 Å². The first kappa shape index (κ1) is 16.9. The molecule has 0 bridgehead atoms. The summed E-state index contributed by atoms with van der Waals surface area (Å²) in [6, 6.07) is -2.03. The van der Waals surface area contributed by atoms with Crippen LogP contribution in [0.15, 0.2) is 0 Å². The summed E-state index contributed by atoms with van der Waals surface area (Å²) in [7, 11) is -2.36. The van der Waals surface area contributed by atoms with E-state index in [0.29, 0.717) is 12.8 Å². The first-order chi connectivity index (χ1) is 9.31. The van der Waals surface area contributed by atoms with Crippen molar-refractivity contribution in [2.45, 2.75) is 31.3 Å². The minimum Gasteiger partial charge on any atom is -0.467 e. The molecule has 0 aliphatic carbocycles. The van der Waals surface area contributed by atoms with Crippen LogP contribution < -0.4 is 5.32 Å². The Balaban J connectivity index is 2.80. The average molecular weight is 308 g/mol. The third-order valence-electron chi connectivity index (χ3n) is 3.17. The van der Waals surface area contributed by atoms with Crippen molar-refractivity contribution >= 4 is 21.9 Å². The number of piperidine rings is 1. The summed E-state index contributed by atoms with van der Waals surface area (Å²) >= 11 is 0. The number of nitrogens with one attached hydrogen (secondary N) is 1. The Morgan fingerprint density at radius 3 is 2.60 bits per heavy atom. The monoisotopic (exact) mass is 308 g/mol. The molecule has 0 spiro atoms. The Hall–Kier alpha value is -1.19. The molecular formula is C11H20N2O6S. The van der Waals surface area contributed by atoms with Gasteiger partial charge in [-0.2, -0.15) is 4.31 Å². The minimum atomic E-state index is -3.49. The highest BCUT2D eigenvalue weighted by atomic mass is 32.2. The van der Waals surface area contributed by atoms with Gasteiger partial charge < -0.3 is 15.2 Å². The number of hydrogen-bond donors (Lipinski definition) is 2. The SMILES string of the molecule is COC(=O)C(CO)NC(=O)C1CCCCN1S(C)(=O)=O. The summed E-state index contributed by atoms with van der Waals surface area (Å²) < 4.78 is 28.9. The van der Waals surface area contributed by atoms with E-state index in [1.165, 1.54) is 0 Å². The van der Waals surface area contributed by atoms with Crippen LogP contribution >= 0.6 is 0 Å². The summed E-state index contributed by atoms with van der Waals surface area (Å²) in [5.74, 6) is -1.37. The molecule has 0 aromatic heterocycles. The van der Waals surface area contributed by atoms with Crippen molar-refractivity contribution in [3.05, 3.63) is 0 Å². The van der Waals surface area contributed by atoms with E-state index in [9.17, 15) is 18.0 Å². The Kier molecular flexibility index (Phi) is 5.90. The Bertz CT molecular complexity index is 464. The summed E-state index contributed by atoms with van der Waals surface area (Å²) in [5, 5.41) is 11.4. The maximum atomic E-state index is 12.1. The Morgan fingerprint density at radius 1 is 1.45 bits per heavy atom. The highest BCUT2D eigenvalue weighted by molar-refractivity contribution is 7.88. The first-order valence-electron chi connectivity index (χ1n) is 6.27. The van der Waals surface area contributed by atoms with Gasteiger partial charge in [0.15, 0.2) is 6.04 Å². The number of esters is 1. The minimum absolute atomic E-state index is 0.277. The second-order valence-electron chi connectivity index (χ2n) is 4.65. The average Bonchev–Trinajstić information content (AvgIpc) is 2.42. The highest BCUT2D eigenvalue weighted by Crippen LogP contribution is 2.20. The lowest BCUT2D eigenvalue weighted by Gasteiger charge is -2.33. The normalized spacial score (nSPS) is 22.1. The lowest BCUT2D eigenvalue weighted by Crippen LogP contribution is -2.55. The maximum absolute atomic E-state index is 12.1. The van der Waals surface area contributed by atoms with Crippen LogP contribution in [0.3, 0.4) is 0 Å². The largest absolute Gasteiger partial charge is 0.467 e. The van der Waals surface area contributed by atoms with Crippen LogP contribution in [0.5, 0.6) is 0 Å². The van der Waals surface area contributed by atoms with Gasteiger partial charge in [0.2, 0.25) is 15.9 Å². The number of methoxy groups -OCH3 is 1. The maximum Gasteiger partial charge on any atom is 0.330 e. The van der Waals surface area contributed by atoms with Gasteiger partial charge in [-0.3, -0.25) is 4.79 Å².